The SMILES string of the molecule is CCc1nsc(SCCC(=N)N)n1. The third-order valence-electron chi connectivity index (χ3n) is 1.36. The largest absolute Gasteiger partial charge is 0.388 e. The number of rotatable bonds is 5. The fourth-order valence-electron chi connectivity index (χ4n) is 0.688. The molecule has 1 rings (SSSR count). The Kier molecular flexibility index (Phi) is 4.17. The van der Waals surface area contributed by atoms with E-state index in [4.69, 9.17) is 11.1 Å². The first kappa shape index (κ1) is 10.5. The fourth-order valence-corrected chi connectivity index (χ4v) is 2.43. The molecular weight excluding hydrogens is 204 g/mol. The molecule has 0 spiro atoms. The molecule has 0 aliphatic carbocycles. The van der Waals surface area contributed by atoms with Gasteiger partial charge in [0.1, 0.15) is 5.82 Å². The topological polar surface area (TPSA) is 75.7 Å². The average molecular weight is 216 g/mol. The highest BCUT2D eigenvalue weighted by Gasteiger charge is 2.02. The maximum atomic E-state index is 7.03. The van der Waals surface area contributed by atoms with E-state index >= 15 is 0 Å². The van der Waals surface area contributed by atoms with Crippen LogP contribution in [-0.4, -0.2) is 20.9 Å². The smallest absolute Gasteiger partial charge is 0.170 e. The summed E-state index contributed by atoms with van der Waals surface area (Å²) in [6.45, 7) is 2.03. The number of aromatic nitrogens is 2. The molecule has 6 heteroatoms. The molecule has 0 radical (unpaired) electrons. The lowest BCUT2D eigenvalue weighted by atomic mass is 10.5. The van der Waals surface area contributed by atoms with Crippen LogP contribution in [0, 0.1) is 5.41 Å². The van der Waals surface area contributed by atoms with E-state index in [2.05, 4.69) is 9.36 Å². The van der Waals surface area contributed by atoms with Crippen LogP contribution >= 0.6 is 23.3 Å². The molecule has 0 aliphatic rings. The van der Waals surface area contributed by atoms with Gasteiger partial charge in [0, 0.05) is 18.6 Å². The minimum atomic E-state index is 0.229. The Bertz CT molecular complexity index is 284. The van der Waals surface area contributed by atoms with Crippen molar-refractivity contribution in [3.63, 3.8) is 0 Å². The van der Waals surface area contributed by atoms with E-state index in [-0.39, 0.29) is 5.84 Å². The van der Waals surface area contributed by atoms with Crippen LogP contribution in [-0.2, 0) is 6.42 Å². The summed E-state index contributed by atoms with van der Waals surface area (Å²) in [4.78, 5) is 4.28. The number of thioether (sulfide) groups is 1. The summed E-state index contributed by atoms with van der Waals surface area (Å²) in [6, 6.07) is 0. The second-order valence-corrected chi connectivity index (χ2v) is 4.55. The predicted octanol–water partition coefficient (Wildman–Crippen LogP) is 1.52. The summed E-state index contributed by atoms with van der Waals surface area (Å²) < 4.78 is 5.13. The van der Waals surface area contributed by atoms with Gasteiger partial charge in [-0.05, 0) is 11.5 Å². The van der Waals surface area contributed by atoms with Crippen molar-refractivity contribution in [2.45, 2.75) is 24.1 Å². The van der Waals surface area contributed by atoms with Crippen LogP contribution in [0.4, 0.5) is 0 Å². The van der Waals surface area contributed by atoms with Crippen molar-refractivity contribution in [1.82, 2.24) is 9.36 Å². The molecule has 0 unspecified atom stereocenters. The van der Waals surface area contributed by atoms with E-state index in [0.29, 0.717) is 6.42 Å². The molecule has 0 aromatic carbocycles. The number of amidine groups is 1. The lowest BCUT2D eigenvalue weighted by molar-refractivity contribution is 0.971. The molecule has 72 valence electrons. The van der Waals surface area contributed by atoms with Crippen LogP contribution < -0.4 is 5.73 Å². The van der Waals surface area contributed by atoms with Gasteiger partial charge in [-0.3, -0.25) is 5.41 Å². The highest BCUT2D eigenvalue weighted by Crippen LogP contribution is 2.20. The molecule has 1 aromatic heterocycles. The third-order valence-corrected chi connectivity index (χ3v) is 3.24. The van der Waals surface area contributed by atoms with Crippen LogP contribution in [0.2, 0.25) is 0 Å². The normalized spacial score (nSPS) is 10.2. The molecule has 0 saturated heterocycles. The molecule has 1 heterocycles. The Labute approximate surface area is 85.6 Å². The van der Waals surface area contributed by atoms with Crippen LogP contribution in [0.15, 0.2) is 4.34 Å². The number of nitrogens with zero attached hydrogens (tertiary/aromatic N) is 2. The van der Waals surface area contributed by atoms with Crippen molar-refractivity contribution < 1.29 is 0 Å². The minimum Gasteiger partial charge on any atom is -0.388 e. The number of hydrogen-bond acceptors (Lipinski definition) is 5. The van der Waals surface area contributed by atoms with E-state index in [1.165, 1.54) is 11.5 Å². The standard InChI is InChI=1S/C7H12N4S2/c1-2-6-10-7(13-11-6)12-4-3-5(8)9/h2-4H2,1H3,(H3,8,9). The molecule has 13 heavy (non-hydrogen) atoms. The van der Waals surface area contributed by atoms with Crippen LogP contribution in [0.3, 0.4) is 0 Å². The second-order valence-electron chi connectivity index (χ2n) is 2.45. The second kappa shape index (κ2) is 5.18. The number of nitrogens with one attached hydrogen (secondary N) is 1. The highest BCUT2D eigenvalue weighted by molar-refractivity contribution is 8.00. The summed E-state index contributed by atoms with van der Waals surface area (Å²) in [5.41, 5.74) is 5.23. The van der Waals surface area contributed by atoms with Crippen LogP contribution in [0.5, 0.6) is 0 Å². The molecule has 0 saturated carbocycles. The quantitative estimate of drug-likeness (QED) is 0.444. The average Bonchev–Trinajstić information content (AvgIpc) is 2.52. The van der Waals surface area contributed by atoms with Gasteiger partial charge in [-0.25, -0.2) is 4.98 Å². The number of aryl methyl sites for hydroxylation is 1. The van der Waals surface area contributed by atoms with Gasteiger partial charge in [0.2, 0.25) is 0 Å². The van der Waals surface area contributed by atoms with Crippen molar-refractivity contribution in [3.05, 3.63) is 5.82 Å². The molecule has 0 aliphatic heterocycles. The molecule has 4 nitrogen and oxygen atoms in total. The first-order valence-electron chi connectivity index (χ1n) is 4.00. The third kappa shape index (κ3) is 3.73. The van der Waals surface area contributed by atoms with E-state index < -0.39 is 0 Å². The van der Waals surface area contributed by atoms with Crippen LogP contribution in [0.25, 0.3) is 0 Å². The van der Waals surface area contributed by atoms with E-state index in [1.54, 1.807) is 11.8 Å². The summed E-state index contributed by atoms with van der Waals surface area (Å²) >= 11 is 3.03. The maximum Gasteiger partial charge on any atom is 0.170 e. The zero-order valence-corrected chi connectivity index (χ0v) is 9.04. The van der Waals surface area contributed by atoms with Crippen molar-refractivity contribution in [2.24, 2.45) is 5.73 Å². The van der Waals surface area contributed by atoms with E-state index in [1.807, 2.05) is 6.92 Å². The van der Waals surface area contributed by atoms with Crippen molar-refractivity contribution in [3.8, 4) is 0 Å². The minimum absolute atomic E-state index is 0.229. The van der Waals surface area contributed by atoms with Gasteiger partial charge in [-0.1, -0.05) is 18.7 Å². The number of nitrogens with two attached hydrogens (primary N) is 1. The molecular formula is C7H12N4S2. The Morgan fingerprint density at radius 3 is 3.00 bits per heavy atom. The van der Waals surface area contributed by atoms with Gasteiger partial charge in [0.15, 0.2) is 4.34 Å². The van der Waals surface area contributed by atoms with Crippen molar-refractivity contribution in [1.29, 1.82) is 5.41 Å². The van der Waals surface area contributed by atoms with Gasteiger partial charge < -0.3 is 5.73 Å². The van der Waals surface area contributed by atoms with Crippen LogP contribution in [0.1, 0.15) is 19.2 Å². The first-order valence-corrected chi connectivity index (χ1v) is 5.76. The number of hydrogen-bond donors (Lipinski definition) is 2. The summed E-state index contributed by atoms with van der Waals surface area (Å²) in [5.74, 6) is 1.94. The molecule has 0 bridgehead atoms. The highest BCUT2D eigenvalue weighted by atomic mass is 32.2. The van der Waals surface area contributed by atoms with E-state index in [9.17, 15) is 0 Å². The summed E-state index contributed by atoms with van der Waals surface area (Å²) in [7, 11) is 0. The van der Waals surface area contributed by atoms with Gasteiger partial charge in [-0.15, -0.1) is 0 Å². The lowest BCUT2D eigenvalue weighted by Gasteiger charge is -1.94. The van der Waals surface area contributed by atoms with Crippen molar-refractivity contribution >= 4 is 29.1 Å². The Morgan fingerprint density at radius 1 is 1.69 bits per heavy atom. The first-order chi connectivity index (χ1) is 6.22. The molecule has 0 atom stereocenters. The Hall–Kier alpha value is -0.620. The molecule has 0 amide bonds. The van der Waals surface area contributed by atoms with Gasteiger partial charge in [0.25, 0.3) is 0 Å². The maximum absolute atomic E-state index is 7.03. The van der Waals surface area contributed by atoms with Gasteiger partial charge >= 0.3 is 0 Å². The molecule has 1 aromatic rings. The summed E-state index contributed by atoms with van der Waals surface area (Å²) in [5, 5.41) is 7.03. The van der Waals surface area contributed by atoms with Gasteiger partial charge in [-0.2, -0.15) is 4.37 Å². The zero-order chi connectivity index (χ0) is 9.68. The zero-order valence-electron chi connectivity index (χ0n) is 7.41. The lowest BCUT2D eigenvalue weighted by Crippen LogP contribution is -2.09. The molecule has 3 N–H and O–H groups in total. The Morgan fingerprint density at radius 2 is 2.46 bits per heavy atom. The molecule has 0 fully saturated rings. The predicted molar refractivity (Wildman–Crippen MR) is 56.5 cm³/mol. The van der Waals surface area contributed by atoms with Gasteiger partial charge in [0.05, 0.1) is 5.84 Å². The summed E-state index contributed by atoms with van der Waals surface area (Å²) in [6.07, 6.45) is 1.50. The van der Waals surface area contributed by atoms with E-state index in [0.717, 1.165) is 22.3 Å². The monoisotopic (exact) mass is 216 g/mol. The fraction of sp³-hybridized carbons (Fsp3) is 0.571. The Balaban J connectivity index is 2.32. The van der Waals surface area contributed by atoms with Crippen molar-refractivity contribution in [2.75, 3.05) is 5.75 Å².